The molecule has 0 heterocycles. The van der Waals surface area contributed by atoms with Crippen LogP contribution >= 0.6 is 23.2 Å². The van der Waals surface area contributed by atoms with Gasteiger partial charge in [0, 0.05) is 15.5 Å². The van der Waals surface area contributed by atoms with Crippen molar-refractivity contribution in [2.45, 2.75) is 37.5 Å². The highest BCUT2D eigenvalue weighted by Gasteiger charge is 2.74. The molecule has 5 aliphatic carbocycles. The first-order valence-corrected chi connectivity index (χ1v) is 14.6. The Morgan fingerprint density at radius 1 is 0.486 bits per heavy atom. The van der Waals surface area contributed by atoms with Crippen LogP contribution in [0.5, 0.6) is 0 Å². The Morgan fingerprint density at radius 3 is 1.35 bits per heavy atom. The van der Waals surface area contributed by atoms with Crippen LogP contribution < -0.4 is 0 Å². The van der Waals surface area contributed by atoms with E-state index in [2.05, 4.69) is 60.7 Å². The van der Waals surface area contributed by atoms with Crippen molar-refractivity contribution in [3.63, 3.8) is 0 Å². The lowest BCUT2D eigenvalue weighted by atomic mass is 9.53. The Kier molecular flexibility index (Phi) is 4.11. The lowest BCUT2D eigenvalue weighted by Gasteiger charge is -2.50. The molecule has 2 heteroatoms. The molecule has 0 nitrogen and oxygen atoms in total. The van der Waals surface area contributed by atoms with Crippen LogP contribution in [0.25, 0.3) is 33.4 Å². The Hall–Kier alpha value is -2.54. The van der Waals surface area contributed by atoms with Crippen LogP contribution in [0.2, 0.25) is 10.0 Å². The van der Waals surface area contributed by atoms with Crippen LogP contribution in [-0.4, -0.2) is 0 Å². The fourth-order valence-corrected chi connectivity index (χ4v) is 10.4. The van der Waals surface area contributed by atoms with Crippen molar-refractivity contribution in [2.75, 3.05) is 0 Å². The molecule has 0 amide bonds. The van der Waals surface area contributed by atoms with E-state index in [1.54, 1.807) is 11.1 Å². The van der Waals surface area contributed by atoms with Gasteiger partial charge in [-0.3, -0.25) is 0 Å². The zero-order valence-electron chi connectivity index (χ0n) is 20.7. The molecule has 37 heavy (non-hydrogen) atoms. The van der Waals surface area contributed by atoms with Gasteiger partial charge in [0.1, 0.15) is 0 Å². The third-order valence-corrected chi connectivity index (χ3v) is 12.0. The minimum Gasteiger partial charge on any atom is -0.0843 e. The first-order valence-electron chi connectivity index (χ1n) is 13.9. The van der Waals surface area contributed by atoms with Crippen LogP contribution in [0.1, 0.15) is 43.2 Å². The van der Waals surface area contributed by atoms with Crippen LogP contribution in [0.15, 0.2) is 84.9 Å². The first kappa shape index (κ1) is 21.4. The maximum absolute atomic E-state index is 6.24. The average molecular weight is 520 g/mol. The highest BCUT2D eigenvalue weighted by atomic mass is 35.5. The molecule has 0 radical (unpaired) electrons. The second kappa shape index (κ2) is 7.10. The molecule has 5 aliphatic rings. The third-order valence-electron chi connectivity index (χ3n) is 11.4. The van der Waals surface area contributed by atoms with Crippen LogP contribution in [-0.2, 0) is 5.41 Å². The summed E-state index contributed by atoms with van der Waals surface area (Å²) in [7, 11) is 0. The maximum atomic E-state index is 6.24. The predicted octanol–water partition coefficient (Wildman–Crippen LogP) is 10.0. The fraction of sp³-hybridized carbons (Fsp3) is 0.314. The topological polar surface area (TPSA) is 0 Å². The predicted molar refractivity (Wildman–Crippen MR) is 153 cm³/mol. The summed E-state index contributed by atoms with van der Waals surface area (Å²) in [4.78, 5) is 0. The van der Waals surface area contributed by atoms with E-state index in [0.717, 1.165) is 33.7 Å². The largest absolute Gasteiger partial charge is 0.0843 e. The maximum Gasteiger partial charge on any atom is 0.0406 e. The molecule has 0 N–H and O–H groups in total. The minimum absolute atomic E-state index is 0.142. The van der Waals surface area contributed by atoms with Crippen LogP contribution in [0.3, 0.4) is 0 Å². The van der Waals surface area contributed by atoms with Gasteiger partial charge in [-0.2, -0.15) is 0 Å². The molecule has 4 fully saturated rings. The summed E-state index contributed by atoms with van der Waals surface area (Å²) in [5, 5.41) is 1.59. The molecule has 4 unspecified atom stereocenters. The van der Waals surface area contributed by atoms with Gasteiger partial charge >= 0.3 is 0 Å². The summed E-state index contributed by atoms with van der Waals surface area (Å²) in [5.74, 6) is 3.45. The number of benzene rings is 4. The smallest absolute Gasteiger partial charge is 0.0406 e. The Balaban J connectivity index is 1.28. The molecule has 9 rings (SSSR count). The fourth-order valence-electron chi connectivity index (χ4n) is 10.1. The molecule has 4 saturated carbocycles. The van der Waals surface area contributed by atoms with Gasteiger partial charge in [-0.05, 0) is 142 Å². The highest BCUT2D eigenvalue weighted by molar-refractivity contribution is 6.30. The monoisotopic (exact) mass is 518 g/mol. The molecule has 5 atom stereocenters. The van der Waals surface area contributed by atoms with E-state index >= 15 is 0 Å². The molecule has 0 aromatic heterocycles. The SMILES string of the molecule is Clc1ccc(-c2ccc3c(c2)C2(c4cc(-c5ccc(Cl)cc5)ccc4-3)C3CC4CC5C[C@@H]2CC45C3)cc1. The van der Waals surface area contributed by atoms with Crippen molar-refractivity contribution in [3.8, 4) is 33.4 Å². The summed E-state index contributed by atoms with van der Waals surface area (Å²) in [6.07, 6.45) is 7.21. The zero-order valence-corrected chi connectivity index (χ0v) is 22.2. The number of rotatable bonds is 2. The van der Waals surface area contributed by atoms with Gasteiger partial charge in [0.2, 0.25) is 0 Å². The van der Waals surface area contributed by atoms with Crippen molar-refractivity contribution in [2.24, 2.45) is 29.1 Å². The molecular weight excluding hydrogens is 491 g/mol. The summed E-state index contributed by atoms with van der Waals surface area (Å²) < 4.78 is 0. The number of halogens is 2. The Labute approximate surface area is 228 Å². The molecule has 0 aliphatic heterocycles. The molecular formula is C35H28Cl2. The first-order chi connectivity index (χ1) is 18.1. The summed E-state index contributed by atoms with van der Waals surface area (Å²) >= 11 is 12.5. The van der Waals surface area contributed by atoms with Crippen molar-refractivity contribution >= 4 is 23.2 Å². The van der Waals surface area contributed by atoms with Crippen LogP contribution in [0.4, 0.5) is 0 Å². The van der Waals surface area contributed by atoms with E-state index in [0.29, 0.717) is 5.41 Å². The van der Waals surface area contributed by atoms with E-state index in [-0.39, 0.29) is 5.41 Å². The quantitative estimate of drug-likeness (QED) is 0.247. The van der Waals surface area contributed by atoms with Gasteiger partial charge in [-0.25, -0.2) is 0 Å². The van der Waals surface area contributed by atoms with E-state index in [9.17, 15) is 0 Å². The lowest BCUT2D eigenvalue weighted by molar-refractivity contribution is -0.00187. The van der Waals surface area contributed by atoms with Gasteiger partial charge < -0.3 is 0 Å². The second-order valence-electron chi connectivity index (χ2n) is 12.5. The van der Waals surface area contributed by atoms with Gasteiger partial charge in [-0.1, -0.05) is 71.7 Å². The van der Waals surface area contributed by atoms with Gasteiger partial charge in [0.05, 0.1) is 0 Å². The van der Waals surface area contributed by atoms with Crippen molar-refractivity contribution in [1.82, 2.24) is 0 Å². The molecule has 3 bridgehead atoms. The highest BCUT2D eigenvalue weighted by Crippen LogP contribution is 2.81. The van der Waals surface area contributed by atoms with Crippen LogP contribution in [0, 0.1) is 29.1 Å². The minimum atomic E-state index is 0.142. The van der Waals surface area contributed by atoms with Gasteiger partial charge in [0.25, 0.3) is 0 Å². The average Bonchev–Trinajstić information content (AvgIpc) is 3.44. The Bertz CT molecular complexity index is 1470. The summed E-state index contributed by atoms with van der Waals surface area (Å²) in [6.45, 7) is 0. The number of hydrogen-bond donors (Lipinski definition) is 0. The van der Waals surface area contributed by atoms with Gasteiger partial charge in [-0.15, -0.1) is 0 Å². The van der Waals surface area contributed by atoms with Crippen molar-refractivity contribution < 1.29 is 0 Å². The molecule has 2 spiro atoms. The van der Waals surface area contributed by atoms with Crippen molar-refractivity contribution in [1.29, 1.82) is 0 Å². The summed E-state index contributed by atoms with van der Waals surface area (Å²) in [5.41, 5.74) is 12.1. The van der Waals surface area contributed by atoms with E-state index in [1.165, 1.54) is 65.5 Å². The normalized spacial score (nSPS) is 30.8. The molecule has 4 aromatic carbocycles. The number of fused-ring (bicyclic) bond motifs is 9. The number of hydrogen-bond acceptors (Lipinski definition) is 0. The molecule has 182 valence electrons. The van der Waals surface area contributed by atoms with E-state index < -0.39 is 0 Å². The third kappa shape index (κ3) is 2.57. The molecule has 4 aromatic rings. The molecule has 0 saturated heterocycles. The van der Waals surface area contributed by atoms with E-state index in [1.807, 2.05) is 24.3 Å². The van der Waals surface area contributed by atoms with E-state index in [4.69, 9.17) is 23.2 Å². The second-order valence-corrected chi connectivity index (χ2v) is 13.4. The lowest BCUT2D eigenvalue weighted by Crippen LogP contribution is -2.45. The summed E-state index contributed by atoms with van der Waals surface area (Å²) in [6, 6.07) is 31.4. The van der Waals surface area contributed by atoms with Gasteiger partial charge in [0.15, 0.2) is 0 Å². The zero-order chi connectivity index (χ0) is 24.5. The van der Waals surface area contributed by atoms with Crippen molar-refractivity contribution in [3.05, 3.63) is 106 Å². The standard InChI is InChI=1S/C35H28Cl2/c36-28-7-1-20(2-8-28)22-5-11-30-31-12-6-23(21-3-9-29(37)10-4-21)14-33(31)35(32(30)13-22)26-16-24-15-25-17-27(35)19-34(24,25)18-26/h1-14,24-27H,15-19H2/t24?,25?,26-,27?,34?/m1/s1. The Morgan fingerprint density at radius 2 is 0.892 bits per heavy atom.